The fraction of sp³-hybridized carbons (Fsp3) is 0.188. The highest BCUT2D eigenvalue weighted by Gasteiger charge is 2.12. The van der Waals surface area contributed by atoms with Gasteiger partial charge in [-0.25, -0.2) is 4.98 Å². The van der Waals surface area contributed by atoms with E-state index in [1.165, 1.54) is 0 Å². The fourth-order valence-electron chi connectivity index (χ4n) is 2.26. The standard InChI is InChI=1S/C16H16N2OS/c1-10(17)15-9-18-16(20-15)13-7-8-14(19-2)12-6-4-3-5-11(12)13/h3-10H,17H2,1-2H3. The number of hydrogen-bond donors (Lipinski definition) is 1. The van der Waals surface area contributed by atoms with Crippen molar-refractivity contribution < 1.29 is 4.74 Å². The van der Waals surface area contributed by atoms with E-state index < -0.39 is 0 Å². The fourth-order valence-corrected chi connectivity index (χ4v) is 3.17. The summed E-state index contributed by atoms with van der Waals surface area (Å²) in [6, 6.07) is 12.3. The number of methoxy groups -OCH3 is 1. The minimum absolute atomic E-state index is 0.0192. The maximum Gasteiger partial charge on any atom is 0.126 e. The van der Waals surface area contributed by atoms with Crippen LogP contribution in [-0.2, 0) is 0 Å². The van der Waals surface area contributed by atoms with Gasteiger partial charge in [-0.3, -0.25) is 0 Å². The topological polar surface area (TPSA) is 48.1 Å². The van der Waals surface area contributed by atoms with Crippen LogP contribution in [0.25, 0.3) is 21.3 Å². The van der Waals surface area contributed by atoms with Gasteiger partial charge in [-0.2, -0.15) is 0 Å². The third kappa shape index (κ3) is 2.17. The smallest absolute Gasteiger partial charge is 0.126 e. The second-order valence-corrected chi connectivity index (χ2v) is 5.78. The predicted molar refractivity (Wildman–Crippen MR) is 84.2 cm³/mol. The van der Waals surface area contributed by atoms with E-state index in [9.17, 15) is 0 Å². The average molecular weight is 284 g/mol. The van der Waals surface area contributed by atoms with Gasteiger partial charge < -0.3 is 10.5 Å². The average Bonchev–Trinajstić information content (AvgIpc) is 2.96. The molecule has 3 rings (SSSR count). The van der Waals surface area contributed by atoms with Crippen LogP contribution in [0, 0.1) is 0 Å². The minimum Gasteiger partial charge on any atom is -0.496 e. The van der Waals surface area contributed by atoms with Crippen LogP contribution in [0.15, 0.2) is 42.6 Å². The van der Waals surface area contributed by atoms with Crippen molar-refractivity contribution in [2.45, 2.75) is 13.0 Å². The van der Waals surface area contributed by atoms with Gasteiger partial charge in [-0.1, -0.05) is 24.3 Å². The summed E-state index contributed by atoms with van der Waals surface area (Å²) >= 11 is 1.65. The van der Waals surface area contributed by atoms with Crippen molar-refractivity contribution >= 4 is 22.1 Å². The Balaban J connectivity index is 2.21. The first kappa shape index (κ1) is 13.1. The summed E-state index contributed by atoms with van der Waals surface area (Å²) in [7, 11) is 1.69. The molecule has 0 saturated heterocycles. The van der Waals surface area contributed by atoms with Gasteiger partial charge in [0.15, 0.2) is 0 Å². The van der Waals surface area contributed by atoms with Crippen LogP contribution in [0.5, 0.6) is 5.75 Å². The van der Waals surface area contributed by atoms with Crippen molar-refractivity contribution in [2.75, 3.05) is 7.11 Å². The first-order valence-electron chi connectivity index (χ1n) is 6.48. The van der Waals surface area contributed by atoms with E-state index in [1.807, 2.05) is 31.3 Å². The summed E-state index contributed by atoms with van der Waals surface area (Å²) < 4.78 is 5.42. The van der Waals surface area contributed by atoms with Gasteiger partial charge in [0.05, 0.1) is 7.11 Å². The van der Waals surface area contributed by atoms with Gasteiger partial charge in [0.1, 0.15) is 10.8 Å². The van der Waals surface area contributed by atoms with E-state index >= 15 is 0 Å². The van der Waals surface area contributed by atoms with E-state index in [0.29, 0.717) is 0 Å². The zero-order chi connectivity index (χ0) is 14.1. The molecule has 0 aliphatic carbocycles. The van der Waals surface area contributed by atoms with Gasteiger partial charge >= 0.3 is 0 Å². The molecule has 1 unspecified atom stereocenters. The summed E-state index contributed by atoms with van der Waals surface area (Å²) in [5, 5.41) is 3.25. The van der Waals surface area contributed by atoms with Crippen molar-refractivity contribution in [2.24, 2.45) is 5.73 Å². The number of thiazole rings is 1. The highest BCUT2D eigenvalue weighted by atomic mass is 32.1. The van der Waals surface area contributed by atoms with Crippen LogP contribution in [0.2, 0.25) is 0 Å². The Labute approximate surface area is 122 Å². The molecule has 0 aliphatic rings. The van der Waals surface area contributed by atoms with Crippen molar-refractivity contribution in [1.82, 2.24) is 4.98 Å². The quantitative estimate of drug-likeness (QED) is 0.791. The molecular weight excluding hydrogens is 268 g/mol. The molecule has 0 amide bonds. The van der Waals surface area contributed by atoms with Gasteiger partial charge in [0, 0.05) is 28.1 Å². The zero-order valence-electron chi connectivity index (χ0n) is 11.5. The van der Waals surface area contributed by atoms with Gasteiger partial charge in [0.25, 0.3) is 0 Å². The summed E-state index contributed by atoms with van der Waals surface area (Å²) in [5.74, 6) is 0.883. The number of nitrogens with two attached hydrogens (primary N) is 1. The molecule has 20 heavy (non-hydrogen) atoms. The van der Waals surface area contributed by atoms with Gasteiger partial charge in [-0.05, 0) is 24.4 Å². The largest absolute Gasteiger partial charge is 0.496 e. The molecule has 2 aromatic carbocycles. The first-order chi connectivity index (χ1) is 9.70. The Hall–Kier alpha value is -1.91. The lowest BCUT2D eigenvalue weighted by molar-refractivity contribution is 0.420. The van der Waals surface area contributed by atoms with E-state index in [2.05, 4.69) is 23.2 Å². The lowest BCUT2D eigenvalue weighted by atomic mass is 10.0. The van der Waals surface area contributed by atoms with Gasteiger partial charge in [0.2, 0.25) is 0 Å². The van der Waals surface area contributed by atoms with E-state index in [1.54, 1.807) is 18.4 Å². The zero-order valence-corrected chi connectivity index (χ0v) is 12.3. The molecule has 1 aromatic heterocycles. The summed E-state index contributed by atoms with van der Waals surface area (Å²) in [6.07, 6.45) is 1.86. The van der Waals surface area contributed by atoms with Crippen LogP contribution in [0.1, 0.15) is 17.8 Å². The Morgan fingerprint density at radius 2 is 1.90 bits per heavy atom. The van der Waals surface area contributed by atoms with Crippen LogP contribution < -0.4 is 10.5 Å². The van der Waals surface area contributed by atoms with Crippen molar-refractivity contribution in [3.8, 4) is 16.3 Å². The highest BCUT2D eigenvalue weighted by Crippen LogP contribution is 2.36. The highest BCUT2D eigenvalue weighted by molar-refractivity contribution is 7.15. The Morgan fingerprint density at radius 1 is 1.15 bits per heavy atom. The summed E-state index contributed by atoms with van der Waals surface area (Å²) in [5.41, 5.74) is 7.04. The number of ether oxygens (including phenoxy) is 1. The molecule has 1 atom stereocenters. The SMILES string of the molecule is COc1ccc(-c2ncc(C(C)N)s2)c2ccccc12. The lowest BCUT2D eigenvalue weighted by Gasteiger charge is -2.08. The van der Waals surface area contributed by atoms with Crippen LogP contribution >= 0.6 is 11.3 Å². The molecule has 0 aliphatic heterocycles. The monoisotopic (exact) mass is 284 g/mol. The number of nitrogens with zero attached hydrogens (tertiary/aromatic N) is 1. The molecule has 1 heterocycles. The molecule has 0 fully saturated rings. The molecule has 0 radical (unpaired) electrons. The third-order valence-corrected chi connectivity index (χ3v) is 4.54. The molecule has 3 nitrogen and oxygen atoms in total. The molecule has 0 saturated carbocycles. The molecule has 0 bridgehead atoms. The molecular formula is C16H16N2OS. The normalized spacial score (nSPS) is 12.6. The molecule has 4 heteroatoms. The molecule has 2 N–H and O–H groups in total. The van der Waals surface area contributed by atoms with Crippen molar-refractivity contribution in [1.29, 1.82) is 0 Å². The molecule has 102 valence electrons. The maximum atomic E-state index is 5.91. The second kappa shape index (κ2) is 5.23. The van der Waals surface area contributed by atoms with Crippen molar-refractivity contribution in [3.63, 3.8) is 0 Å². The molecule has 0 spiro atoms. The third-order valence-electron chi connectivity index (χ3n) is 3.31. The van der Waals surface area contributed by atoms with Gasteiger partial charge in [-0.15, -0.1) is 11.3 Å². The number of benzene rings is 2. The summed E-state index contributed by atoms with van der Waals surface area (Å²) in [4.78, 5) is 5.61. The first-order valence-corrected chi connectivity index (χ1v) is 7.29. The Morgan fingerprint density at radius 3 is 2.55 bits per heavy atom. The lowest BCUT2D eigenvalue weighted by Crippen LogP contribution is -2.01. The predicted octanol–water partition coefficient (Wildman–Crippen LogP) is 3.99. The van der Waals surface area contributed by atoms with E-state index in [0.717, 1.165) is 32.0 Å². The van der Waals surface area contributed by atoms with E-state index in [4.69, 9.17) is 10.5 Å². The Kier molecular flexibility index (Phi) is 3.42. The minimum atomic E-state index is 0.0192. The summed E-state index contributed by atoms with van der Waals surface area (Å²) in [6.45, 7) is 1.98. The molecule has 3 aromatic rings. The maximum absolute atomic E-state index is 5.91. The number of aromatic nitrogens is 1. The number of rotatable bonds is 3. The van der Waals surface area contributed by atoms with Crippen LogP contribution in [0.4, 0.5) is 0 Å². The number of hydrogen-bond acceptors (Lipinski definition) is 4. The number of fused-ring (bicyclic) bond motifs is 1. The van der Waals surface area contributed by atoms with E-state index in [-0.39, 0.29) is 6.04 Å². The van der Waals surface area contributed by atoms with Crippen molar-refractivity contribution in [3.05, 3.63) is 47.5 Å². The van der Waals surface area contributed by atoms with Crippen LogP contribution in [0.3, 0.4) is 0 Å². The Bertz CT molecular complexity index is 749. The van der Waals surface area contributed by atoms with Crippen LogP contribution in [-0.4, -0.2) is 12.1 Å². The second-order valence-electron chi connectivity index (χ2n) is 4.72.